The highest BCUT2D eigenvalue weighted by Crippen LogP contribution is 2.16. The third kappa shape index (κ3) is 2.85. The van der Waals surface area contributed by atoms with Crippen molar-refractivity contribution >= 4 is 0 Å². The predicted octanol–water partition coefficient (Wildman–Crippen LogP) is 2.00. The van der Waals surface area contributed by atoms with Gasteiger partial charge in [-0.15, -0.1) is 0 Å². The van der Waals surface area contributed by atoms with Crippen molar-refractivity contribution in [1.82, 2.24) is 4.57 Å². The van der Waals surface area contributed by atoms with Gasteiger partial charge in [0.15, 0.2) is 5.43 Å². The van der Waals surface area contributed by atoms with Gasteiger partial charge in [0.25, 0.3) is 0 Å². The van der Waals surface area contributed by atoms with E-state index in [0.717, 1.165) is 17.1 Å². The summed E-state index contributed by atoms with van der Waals surface area (Å²) < 4.78 is 7.37. The molecule has 4 heteroatoms. The molecule has 0 saturated carbocycles. The average molecular weight is 258 g/mol. The molecule has 2 rings (SSSR count). The van der Waals surface area contributed by atoms with E-state index in [0.29, 0.717) is 12.2 Å². The lowest BCUT2D eigenvalue weighted by molar-refractivity contribution is 0.340. The summed E-state index contributed by atoms with van der Waals surface area (Å²) >= 11 is 0. The number of hydrogen-bond donors (Lipinski definition) is 1. The zero-order valence-corrected chi connectivity index (χ0v) is 11.2. The van der Waals surface area contributed by atoms with Gasteiger partial charge < -0.3 is 15.0 Å². The molecule has 0 saturated heterocycles. The van der Waals surface area contributed by atoms with Gasteiger partial charge in [0.1, 0.15) is 5.75 Å². The molecule has 0 spiro atoms. The lowest BCUT2D eigenvalue weighted by Crippen LogP contribution is -2.16. The molecule has 0 aliphatic carbocycles. The average Bonchev–Trinajstić information content (AvgIpc) is 2.41. The molecule has 0 bridgehead atoms. The molecule has 0 atom stereocenters. The van der Waals surface area contributed by atoms with Crippen molar-refractivity contribution in [3.05, 3.63) is 58.0 Å². The van der Waals surface area contributed by atoms with Crippen LogP contribution in [0, 0.1) is 6.92 Å². The van der Waals surface area contributed by atoms with E-state index in [2.05, 4.69) is 0 Å². The molecule has 0 amide bonds. The van der Waals surface area contributed by atoms with Crippen molar-refractivity contribution in [2.45, 2.75) is 20.4 Å². The second-order valence-corrected chi connectivity index (χ2v) is 4.31. The Labute approximate surface area is 112 Å². The summed E-state index contributed by atoms with van der Waals surface area (Å²) in [6, 6.07) is 9.36. The zero-order valence-electron chi connectivity index (χ0n) is 11.2. The molecule has 2 aromatic rings. The number of rotatable bonds is 4. The van der Waals surface area contributed by atoms with Crippen LogP contribution in [-0.4, -0.2) is 11.2 Å². The van der Waals surface area contributed by atoms with Gasteiger partial charge in [-0.05, 0) is 38.1 Å². The number of nitrogens with zero attached hydrogens (tertiary/aromatic N) is 1. The number of benzene rings is 1. The Kier molecular flexibility index (Phi) is 4.02. The van der Waals surface area contributed by atoms with Gasteiger partial charge in [0.2, 0.25) is 0 Å². The first kappa shape index (κ1) is 13.4. The fourth-order valence-corrected chi connectivity index (χ4v) is 1.97. The van der Waals surface area contributed by atoms with Crippen LogP contribution in [-0.2, 0) is 6.54 Å². The lowest BCUT2D eigenvalue weighted by Gasteiger charge is -2.13. The first-order chi connectivity index (χ1) is 9.15. The molecule has 0 radical (unpaired) electrons. The molecule has 1 aromatic heterocycles. The quantitative estimate of drug-likeness (QED) is 0.912. The van der Waals surface area contributed by atoms with Crippen molar-refractivity contribution in [2.75, 3.05) is 6.61 Å². The van der Waals surface area contributed by atoms with Gasteiger partial charge in [-0.1, -0.05) is 0 Å². The minimum atomic E-state index is -0.0119. The summed E-state index contributed by atoms with van der Waals surface area (Å²) in [5, 5.41) is 0. The minimum absolute atomic E-state index is 0.0119. The molecule has 0 fully saturated rings. The maximum absolute atomic E-state index is 11.7. The van der Waals surface area contributed by atoms with E-state index in [4.69, 9.17) is 10.5 Å². The van der Waals surface area contributed by atoms with Gasteiger partial charge in [0, 0.05) is 35.8 Å². The monoisotopic (exact) mass is 258 g/mol. The van der Waals surface area contributed by atoms with Crippen LogP contribution < -0.4 is 15.9 Å². The maximum atomic E-state index is 11.7. The van der Waals surface area contributed by atoms with Crippen LogP contribution in [0.3, 0.4) is 0 Å². The maximum Gasteiger partial charge on any atom is 0.186 e. The summed E-state index contributed by atoms with van der Waals surface area (Å²) in [6.07, 6.45) is 1.80. The van der Waals surface area contributed by atoms with Gasteiger partial charge in [0.05, 0.1) is 6.61 Å². The Hall–Kier alpha value is -2.07. The highest BCUT2D eigenvalue weighted by Gasteiger charge is 2.04. The third-order valence-electron chi connectivity index (χ3n) is 2.97. The summed E-state index contributed by atoms with van der Waals surface area (Å²) in [5.74, 6) is 0.837. The summed E-state index contributed by atoms with van der Waals surface area (Å²) in [4.78, 5) is 11.7. The third-order valence-corrected chi connectivity index (χ3v) is 2.97. The van der Waals surface area contributed by atoms with Crippen LogP contribution in [0.15, 0.2) is 41.3 Å². The van der Waals surface area contributed by atoms with Crippen LogP contribution in [0.4, 0.5) is 0 Å². The van der Waals surface area contributed by atoms with E-state index < -0.39 is 0 Å². The fraction of sp³-hybridized carbons (Fsp3) is 0.267. The Balaban J connectivity index is 2.43. The Bertz CT molecular complexity index is 615. The number of hydrogen-bond acceptors (Lipinski definition) is 3. The van der Waals surface area contributed by atoms with Crippen molar-refractivity contribution in [1.29, 1.82) is 0 Å². The van der Waals surface area contributed by atoms with E-state index >= 15 is 0 Å². The van der Waals surface area contributed by atoms with Gasteiger partial charge in [-0.2, -0.15) is 0 Å². The van der Waals surface area contributed by atoms with Crippen LogP contribution >= 0.6 is 0 Å². The number of aromatic nitrogens is 1. The molecule has 0 unspecified atom stereocenters. The number of aryl methyl sites for hydroxylation is 1. The summed E-state index contributed by atoms with van der Waals surface area (Å²) in [6.45, 7) is 4.75. The fourth-order valence-electron chi connectivity index (χ4n) is 1.97. The Morgan fingerprint density at radius 3 is 2.53 bits per heavy atom. The molecule has 19 heavy (non-hydrogen) atoms. The van der Waals surface area contributed by atoms with Crippen LogP contribution in [0.2, 0.25) is 0 Å². The molecular weight excluding hydrogens is 240 g/mol. The predicted molar refractivity (Wildman–Crippen MR) is 75.8 cm³/mol. The van der Waals surface area contributed by atoms with Crippen molar-refractivity contribution in [2.24, 2.45) is 5.73 Å². The van der Waals surface area contributed by atoms with E-state index in [1.165, 1.54) is 0 Å². The van der Waals surface area contributed by atoms with Gasteiger partial charge >= 0.3 is 0 Å². The molecule has 2 N–H and O–H groups in total. The first-order valence-electron chi connectivity index (χ1n) is 6.31. The highest BCUT2D eigenvalue weighted by atomic mass is 16.5. The smallest absolute Gasteiger partial charge is 0.186 e. The van der Waals surface area contributed by atoms with Crippen LogP contribution in [0.1, 0.15) is 18.2 Å². The molecular formula is C15H18N2O2. The number of ether oxygens (including phenoxy) is 1. The molecule has 100 valence electrons. The SMILES string of the molecule is CCOc1ccc(-n2cc(CN)c(=O)cc2C)cc1. The second-order valence-electron chi connectivity index (χ2n) is 4.31. The molecule has 0 aliphatic rings. The van der Waals surface area contributed by atoms with Crippen molar-refractivity contribution < 1.29 is 4.74 Å². The topological polar surface area (TPSA) is 57.2 Å². The number of nitrogens with two attached hydrogens (primary N) is 1. The van der Waals surface area contributed by atoms with E-state index in [9.17, 15) is 4.79 Å². The zero-order chi connectivity index (χ0) is 13.8. The molecule has 4 nitrogen and oxygen atoms in total. The van der Waals surface area contributed by atoms with E-state index in [1.807, 2.05) is 42.7 Å². The summed E-state index contributed by atoms with van der Waals surface area (Å²) in [7, 11) is 0. The van der Waals surface area contributed by atoms with Crippen molar-refractivity contribution in [3.8, 4) is 11.4 Å². The van der Waals surface area contributed by atoms with E-state index in [1.54, 1.807) is 12.3 Å². The molecule has 1 heterocycles. The first-order valence-corrected chi connectivity index (χ1v) is 6.31. The highest BCUT2D eigenvalue weighted by molar-refractivity contribution is 5.39. The Morgan fingerprint density at radius 2 is 1.95 bits per heavy atom. The van der Waals surface area contributed by atoms with Crippen LogP contribution in [0.25, 0.3) is 5.69 Å². The largest absolute Gasteiger partial charge is 0.494 e. The van der Waals surface area contributed by atoms with Gasteiger partial charge in [-0.25, -0.2) is 0 Å². The van der Waals surface area contributed by atoms with Crippen molar-refractivity contribution in [3.63, 3.8) is 0 Å². The van der Waals surface area contributed by atoms with E-state index in [-0.39, 0.29) is 12.0 Å². The van der Waals surface area contributed by atoms with Crippen LogP contribution in [0.5, 0.6) is 5.75 Å². The molecule has 1 aromatic carbocycles. The molecule has 0 aliphatic heterocycles. The Morgan fingerprint density at radius 1 is 1.26 bits per heavy atom. The second kappa shape index (κ2) is 5.71. The normalized spacial score (nSPS) is 10.5. The van der Waals surface area contributed by atoms with Gasteiger partial charge in [-0.3, -0.25) is 4.79 Å². The minimum Gasteiger partial charge on any atom is -0.494 e. The standard InChI is InChI=1S/C15H18N2O2/c1-3-19-14-6-4-13(5-7-14)17-10-12(9-16)15(18)8-11(17)2/h4-8,10H,3,9,16H2,1-2H3. The summed E-state index contributed by atoms with van der Waals surface area (Å²) in [5.41, 5.74) is 8.04. The lowest BCUT2D eigenvalue weighted by atomic mass is 10.2. The number of pyridine rings is 1.